The highest BCUT2D eigenvalue weighted by atomic mass is 16.4. The first-order valence-corrected chi connectivity index (χ1v) is 18.4. The second-order valence-electron chi connectivity index (χ2n) is 13.9. The minimum atomic E-state index is -2.85. The lowest BCUT2D eigenvalue weighted by molar-refractivity contribution is -0.196. The lowest BCUT2D eigenvalue weighted by atomic mass is 9.64. The molecule has 4 N–H and O–H groups in total. The van der Waals surface area contributed by atoms with Gasteiger partial charge in [-0.05, 0) is 18.8 Å². The van der Waals surface area contributed by atoms with Gasteiger partial charge in [-0.25, -0.2) is 4.79 Å². The molecular formula is C37H70O7. The molecule has 44 heavy (non-hydrogen) atoms. The van der Waals surface area contributed by atoms with Crippen LogP contribution in [0.15, 0.2) is 0 Å². The van der Waals surface area contributed by atoms with Gasteiger partial charge in [-0.2, -0.15) is 0 Å². The normalized spacial score (nSPS) is 14.4. The molecule has 0 aliphatic heterocycles. The summed E-state index contributed by atoms with van der Waals surface area (Å²) in [4.78, 5) is 36.4. The lowest BCUT2D eigenvalue weighted by Gasteiger charge is -2.41. The van der Waals surface area contributed by atoms with Gasteiger partial charge in [0.15, 0.2) is 5.60 Å². The van der Waals surface area contributed by atoms with Crippen LogP contribution in [-0.4, -0.2) is 43.9 Å². The SMILES string of the molecule is CCCCCCCCCCCCCCCCC(CCCCCCCCCCCCC(C)C)(C(=O)O)C(O)(CC(=O)O)C(=O)O. The molecule has 0 aliphatic rings. The number of unbranched alkanes of at least 4 members (excludes halogenated alkanes) is 22. The number of carboxylic acids is 3. The molecule has 260 valence electrons. The first kappa shape index (κ1) is 42.4. The number of rotatable bonds is 33. The number of hydrogen-bond acceptors (Lipinski definition) is 4. The van der Waals surface area contributed by atoms with Crippen LogP contribution in [-0.2, 0) is 14.4 Å². The molecule has 0 aromatic rings. The van der Waals surface area contributed by atoms with Crippen LogP contribution in [0.25, 0.3) is 0 Å². The summed E-state index contributed by atoms with van der Waals surface area (Å²) < 4.78 is 0. The number of carbonyl (C=O) groups is 3. The zero-order chi connectivity index (χ0) is 33.1. The van der Waals surface area contributed by atoms with E-state index in [4.69, 9.17) is 0 Å². The van der Waals surface area contributed by atoms with E-state index in [-0.39, 0.29) is 12.8 Å². The second-order valence-corrected chi connectivity index (χ2v) is 13.9. The Hall–Kier alpha value is -1.63. The topological polar surface area (TPSA) is 132 Å². The van der Waals surface area contributed by atoms with Crippen LogP contribution in [0.1, 0.15) is 201 Å². The third kappa shape index (κ3) is 19.0. The summed E-state index contributed by atoms with van der Waals surface area (Å²) in [6, 6.07) is 0. The molecule has 7 heteroatoms. The lowest BCUT2D eigenvalue weighted by Crippen LogP contribution is -2.59. The van der Waals surface area contributed by atoms with Crippen molar-refractivity contribution in [3.8, 4) is 0 Å². The third-order valence-corrected chi connectivity index (χ3v) is 9.55. The predicted octanol–water partition coefficient (Wildman–Crippen LogP) is 10.6. The number of aliphatic hydroxyl groups is 1. The van der Waals surface area contributed by atoms with Gasteiger partial charge in [0, 0.05) is 0 Å². The van der Waals surface area contributed by atoms with E-state index in [1.807, 2.05) is 0 Å². The van der Waals surface area contributed by atoms with Crippen LogP contribution in [0, 0.1) is 11.3 Å². The molecule has 0 spiro atoms. The third-order valence-electron chi connectivity index (χ3n) is 9.55. The van der Waals surface area contributed by atoms with E-state index < -0.39 is 35.3 Å². The standard InChI is InChI=1S/C37H70O7/c1-4-5-6-7-8-9-10-11-12-14-17-20-23-26-29-36(34(40)41,37(44,35(42)43)31-33(38)39)30-27-24-21-18-15-13-16-19-22-25-28-32(2)3/h32,44H,4-31H2,1-3H3,(H,38,39)(H,40,41)(H,42,43). The van der Waals surface area contributed by atoms with Gasteiger partial charge in [-0.15, -0.1) is 0 Å². The fourth-order valence-electron chi connectivity index (χ4n) is 6.61. The van der Waals surface area contributed by atoms with Gasteiger partial charge in [0.05, 0.1) is 6.42 Å². The molecule has 2 atom stereocenters. The van der Waals surface area contributed by atoms with Crippen LogP contribution in [0.2, 0.25) is 0 Å². The van der Waals surface area contributed by atoms with Gasteiger partial charge < -0.3 is 20.4 Å². The highest BCUT2D eigenvalue weighted by Gasteiger charge is 2.61. The van der Waals surface area contributed by atoms with Crippen molar-refractivity contribution >= 4 is 17.9 Å². The summed E-state index contributed by atoms with van der Waals surface area (Å²) in [5, 5.41) is 40.8. The molecule has 0 fully saturated rings. The quantitative estimate of drug-likeness (QED) is 0.0533. The molecule has 0 amide bonds. The maximum absolute atomic E-state index is 12.7. The van der Waals surface area contributed by atoms with Crippen molar-refractivity contribution in [2.24, 2.45) is 11.3 Å². The fourth-order valence-corrected chi connectivity index (χ4v) is 6.61. The van der Waals surface area contributed by atoms with E-state index in [0.717, 1.165) is 57.3 Å². The molecule has 0 saturated carbocycles. The largest absolute Gasteiger partial charge is 0.481 e. The van der Waals surface area contributed by atoms with Gasteiger partial charge in [-0.1, -0.05) is 181 Å². The van der Waals surface area contributed by atoms with Crippen LogP contribution >= 0.6 is 0 Å². The molecule has 0 rings (SSSR count). The van der Waals surface area contributed by atoms with Crippen molar-refractivity contribution in [1.29, 1.82) is 0 Å². The van der Waals surface area contributed by atoms with Crippen molar-refractivity contribution in [3.05, 3.63) is 0 Å². The summed E-state index contributed by atoms with van der Waals surface area (Å²) in [7, 11) is 0. The van der Waals surface area contributed by atoms with Crippen molar-refractivity contribution in [2.45, 2.75) is 206 Å². The van der Waals surface area contributed by atoms with E-state index in [0.29, 0.717) is 12.8 Å². The molecule has 0 aromatic carbocycles. The molecule has 0 radical (unpaired) electrons. The average molecular weight is 627 g/mol. The molecule has 0 heterocycles. The van der Waals surface area contributed by atoms with Crippen molar-refractivity contribution in [1.82, 2.24) is 0 Å². The summed E-state index contributed by atoms with van der Waals surface area (Å²) in [5.41, 5.74) is -4.87. The highest BCUT2D eigenvalue weighted by Crippen LogP contribution is 2.45. The Kier molecular flexibility index (Phi) is 25.6. The van der Waals surface area contributed by atoms with E-state index in [9.17, 15) is 34.8 Å². The summed E-state index contributed by atoms with van der Waals surface area (Å²) in [5.74, 6) is -3.91. The fraction of sp³-hybridized carbons (Fsp3) is 0.919. The average Bonchev–Trinajstić information content (AvgIpc) is 2.95. The molecule has 7 nitrogen and oxygen atoms in total. The number of carboxylic acid groups (broad SMARTS) is 3. The first-order chi connectivity index (χ1) is 21.0. The van der Waals surface area contributed by atoms with Crippen molar-refractivity contribution in [2.75, 3.05) is 0 Å². The monoisotopic (exact) mass is 627 g/mol. The zero-order valence-electron chi connectivity index (χ0n) is 28.9. The molecule has 0 saturated heterocycles. The van der Waals surface area contributed by atoms with Crippen molar-refractivity contribution < 1.29 is 34.8 Å². The summed E-state index contributed by atoms with van der Waals surface area (Å²) >= 11 is 0. The van der Waals surface area contributed by atoms with E-state index in [2.05, 4.69) is 20.8 Å². The Balaban J connectivity index is 4.67. The summed E-state index contributed by atoms with van der Waals surface area (Å²) in [6.45, 7) is 6.75. The van der Waals surface area contributed by atoms with Gasteiger partial charge in [0.1, 0.15) is 5.41 Å². The van der Waals surface area contributed by atoms with Gasteiger partial charge in [-0.3, -0.25) is 9.59 Å². The van der Waals surface area contributed by atoms with Gasteiger partial charge in [0.2, 0.25) is 0 Å². The predicted molar refractivity (Wildman–Crippen MR) is 180 cm³/mol. The van der Waals surface area contributed by atoms with Crippen LogP contribution < -0.4 is 0 Å². The van der Waals surface area contributed by atoms with Crippen LogP contribution in [0.4, 0.5) is 0 Å². The van der Waals surface area contributed by atoms with Crippen LogP contribution in [0.3, 0.4) is 0 Å². The highest BCUT2D eigenvalue weighted by molar-refractivity contribution is 5.92. The number of aliphatic carboxylic acids is 3. The minimum absolute atomic E-state index is 0.0345. The second kappa shape index (κ2) is 26.6. The summed E-state index contributed by atoms with van der Waals surface area (Å²) in [6.07, 6.45) is 26.6. The molecule has 0 aliphatic carbocycles. The molecule has 0 bridgehead atoms. The van der Waals surface area contributed by atoms with E-state index in [1.54, 1.807) is 0 Å². The molecule has 0 aromatic heterocycles. The first-order valence-electron chi connectivity index (χ1n) is 18.4. The molecule has 2 unspecified atom stereocenters. The maximum Gasteiger partial charge on any atom is 0.337 e. The Morgan fingerprint density at radius 2 is 0.818 bits per heavy atom. The Morgan fingerprint density at radius 3 is 1.09 bits per heavy atom. The van der Waals surface area contributed by atoms with Crippen LogP contribution in [0.5, 0.6) is 0 Å². The van der Waals surface area contributed by atoms with E-state index >= 15 is 0 Å². The zero-order valence-corrected chi connectivity index (χ0v) is 28.9. The van der Waals surface area contributed by atoms with Crippen molar-refractivity contribution in [3.63, 3.8) is 0 Å². The van der Waals surface area contributed by atoms with E-state index in [1.165, 1.54) is 96.3 Å². The maximum atomic E-state index is 12.7. The van der Waals surface area contributed by atoms with Gasteiger partial charge in [0.25, 0.3) is 0 Å². The molecular weight excluding hydrogens is 556 g/mol. The Morgan fingerprint density at radius 1 is 0.500 bits per heavy atom. The van der Waals surface area contributed by atoms with Gasteiger partial charge >= 0.3 is 17.9 Å². The smallest absolute Gasteiger partial charge is 0.337 e. The number of hydrogen-bond donors (Lipinski definition) is 4. The Labute approximate surface area is 270 Å². The Bertz CT molecular complexity index is 737. The minimum Gasteiger partial charge on any atom is -0.481 e.